The van der Waals surface area contributed by atoms with E-state index in [4.69, 9.17) is 10.5 Å². The van der Waals surface area contributed by atoms with E-state index in [1.807, 2.05) is 84.4 Å². The molecule has 0 saturated heterocycles. The molecule has 6 nitrogen and oxygen atoms in total. The summed E-state index contributed by atoms with van der Waals surface area (Å²) in [5, 5.41) is 8.61. The fraction of sp³-hybridized carbons (Fsp3) is 0.286. The highest BCUT2D eigenvalue weighted by atomic mass is 28.3. The first-order chi connectivity index (χ1) is 16.7. The Balaban J connectivity index is 1.51. The SMILES string of the molecule is CC(C(=O)Nc1nn(COCC[Si](C)(C)C)c2ccccc12)c1cccc(-c2ccccc2N)c1. The van der Waals surface area contributed by atoms with Crippen molar-refractivity contribution in [1.82, 2.24) is 9.78 Å². The van der Waals surface area contributed by atoms with Gasteiger partial charge in [0.05, 0.1) is 11.4 Å². The van der Waals surface area contributed by atoms with Crippen LogP contribution in [0, 0.1) is 0 Å². The van der Waals surface area contributed by atoms with Crippen molar-refractivity contribution in [2.75, 3.05) is 17.7 Å². The molecule has 1 unspecified atom stereocenters. The summed E-state index contributed by atoms with van der Waals surface area (Å²) in [5.41, 5.74) is 10.7. The molecular formula is C28H34N4O2Si. The molecule has 1 amide bonds. The number of fused-ring (bicyclic) bond motifs is 1. The minimum absolute atomic E-state index is 0.113. The minimum atomic E-state index is -1.16. The Labute approximate surface area is 208 Å². The topological polar surface area (TPSA) is 82.2 Å². The van der Waals surface area contributed by atoms with Gasteiger partial charge < -0.3 is 15.8 Å². The number of nitrogens with one attached hydrogen (secondary N) is 1. The second-order valence-electron chi connectivity index (χ2n) is 10.1. The molecule has 7 heteroatoms. The number of carbonyl (C=O) groups is 1. The molecule has 35 heavy (non-hydrogen) atoms. The molecule has 0 saturated carbocycles. The summed E-state index contributed by atoms with van der Waals surface area (Å²) >= 11 is 0. The van der Waals surface area contributed by atoms with E-state index in [0.29, 0.717) is 24.8 Å². The van der Waals surface area contributed by atoms with Crippen LogP contribution >= 0.6 is 0 Å². The Kier molecular flexibility index (Phi) is 7.38. The van der Waals surface area contributed by atoms with E-state index in [1.165, 1.54) is 0 Å². The van der Waals surface area contributed by atoms with Crippen LogP contribution in [0.2, 0.25) is 25.7 Å². The number of anilines is 2. The quantitative estimate of drug-likeness (QED) is 0.164. The summed E-state index contributed by atoms with van der Waals surface area (Å²) < 4.78 is 7.73. The lowest BCUT2D eigenvalue weighted by Crippen LogP contribution is -2.22. The lowest BCUT2D eigenvalue weighted by molar-refractivity contribution is -0.117. The molecule has 1 aromatic heterocycles. The van der Waals surface area contributed by atoms with E-state index >= 15 is 0 Å². The summed E-state index contributed by atoms with van der Waals surface area (Å²) in [5.74, 6) is 0.0738. The number of ether oxygens (including phenoxy) is 1. The smallest absolute Gasteiger partial charge is 0.232 e. The van der Waals surface area contributed by atoms with Crippen LogP contribution in [0.1, 0.15) is 18.4 Å². The molecule has 0 aliphatic heterocycles. The zero-order valence-electron chi connectivity index (χ0n) is 20.9. The summed E-state index contributed by atoms with van der Waals surface area (Å²) in [6.07, 6.45) is 0. The summed E-state index contributed by atoms with van der Waals surface area (Å²) in [4.78, 5) is 13.2. The maximum Gasteiger partial charge on any atom is 0.232 e. The molecule has 0 fully saturated rings. The number of nitrogens with zero attached hydrogens (tertiary/aromatic N) is 2. The number of aromatic nitrogens is 2. The molecule has 0 radical (unpaired) electrons. The highest BCUT2D eigenvalue weighted by molar-refractivity contribution is 6.76. The molecule has 0 aliphatic carbocycles. The Bertz CT molecular complexity index is 1330. The Hall–Kier alpha value is -3.42. The zero-order valence-corrected chi connectivity index (χ0v) is 21.9. The molecule has 4 rings (SSSR count). The van der Waals surface area contributed by atoms with Gasteiger partial charge in [-0.2, -0.15) is 5.10 Å². The molecule has 0 bridgehead atoms. The van der Waals surface area contributed by atoms with Crippen molar-refractivity contribution in [3.05, 3.63) is 78.4 Å². The van der Waals surface area contributed by atoms with E-state index in [-0.39, 0.29) is 11.8 Å². The highest BCUT2D eigenvalue weighted by Gasteiger charge is 2.20. The molecular weight excluding hydrogens is 452 g/mol. The van der Waals surface area contributed by atoms with Crippen molar-refractivity contribution >= 4 is 36.4 Å². The van der Waals surface area contributed by atoms with Gasteiger partial charge in [-0.1, -0.05) is 74.2 Å². The normalized spacial score (nSPS) is 12.6. The van der Waals surface area contributed by atoms with Gasteiger partial charge in [-0.25, -0.2) is 4.68 Å². The van der Waals surface area contributed by atoms with Gasteiger partial charge in [0.15, 0.2) is 5.82 Å². The minimum Gasteiger partial charge on any atom is -0.398 e. The van der Waals surface area contributed by atoms with E-state index in [1.54, 1.807) is 0 Å². The van der Waals surface area contributed by atoms with Gasteiger partial charge in [0.25, 0.3) is 0 Å². The van der Waals surface area contributed by atoms with Gasteiger partial charge >= 0.3 is 0 Å². The second kappa shape index (κ2) is 10.5. The Morgan fingerprint density at radius 3 is 2.57 bits per heavy atom. The lowest BCUT2D eigenvalue weighted by Gasteiger charge is -2.15. The third kappa shape index (κ3) is 5.99. The number of amides is 1. The van der Waals surface area contributed by atoms with Gasteiger partial charge in [-0.15, -0.1) is 0 Å². The van der Waals surface area contributed by atoms with Crippen molar-refractivity contribution in [2.45, 2.75) is 45.3 Å². The van der Waals surface area contributed by atoms with E-state index < -0.39 is 8.07 Å². The van der Waals surface area contributed by atoms with Gasteiger partial charge in [-0.3, -0.25) is 4.79 Å². The maximum atomic E-state index is 13.2. The van der Waals surface area contributed by atoms with Crippen LogP contribution in [0.4, 0.5) is 11.5 Å². The Morgan fingerprint density at radius 2 is 1.80 bits per heavy atom. The maximum absolute atomic E-state index is 13.2. The van der Waals surface area contributed by atoms with Crippen molar-refractivity contribution in [3.63, 3.8) is 0 Å². The number of hydrogen-bond acceptors (Lipinski definition) is 4. The molecule has 0 spiro atoms. The predicted molar refractivity (Wildman–Crippen MR) is 147 cm³/mol. The average Bonchev–Trinajstić information content (AvgIpc) is 3.18. The van der Waals surface area contributed by atoms with E-state index in [9.17, 15) is 4.79 Å². The van der Waals surface area contributed by atoms with Crippen LogP contribution in [-0.4, -0.2) is 30.4 Å². The van der Waals surface area contributed by atoms with Crippen LogP contribution in [0.3, 0.4) is 0 Å². The Morgan fingerprint density at radius 1 is 1.06 bits per heavy atom. The first-order valence-corrected chi connectivity index (χ1v) is 15.7. The zero-order chi connectivity index (χ0) is 25.0. The fourth-order valence-electron chi connectivity index (χ4n) is 3.96. The van der Waals surface area contributed by atoms with Crippen molar-refractivity contribution in [3.8, 4) is 11.1 Å². The van der Waals surface area contributed by atoms with E-state index in [2.05, 4.69) is 30.1 Å². The van der Waals surface area contributed by atoms with Crippen LogP contribution in [0.25, 0.3) is 22.0 Å². The number of rotatable bonds is 9. The van der Waals surface area contributed by atoms with Crippen LogP contribution in [0.15, 0.2) is 72.8 Å². The first kappa shape index (κ1) is 24.7. The van der Waals surface area contributed by atoms with Crippen molar-refractivity contribution < 1.29 is 9.53 Å². The molecule has 1 atom stereocenters. The first-order valence-electron chi connectivity index (χ1n) is 12.0. The molecule has 3 aromatic carbocycles. The number of hydrogen-bond donors (Lipinski definition) is 2. The molecule has 4 aromatic rings. The monoisotopic (exact) mass is 486 g/mol. The molecule has 182 valence electrons. The third-order valence-electron chi connectivity index (χ3n) is 6.16. The highest BCUT2D eigenvalue weighted by Crippen LogP contribution is 2.29. The standard InChI is InChI=1S/C28H34N4O2Si/c1-20(21-10-9-11-22(18-21)23-12-5-7-14-25(23)29)28(33)30-27-24-13-6-8-15-26(24)32(31-27)19-34-16-17-35(2,3)4/h5-15,18,20H,16-17,19,29H2,1-4H3,(H,30,31,33). The largest absolute Gasteiger partial charge is 0.398 e. The number of nitrogens with two attached hydrogens (primary N) is 1. The number of carbonyl (C=O) groups excluding carboxylic acids is 1. The van der Waals surface area contributed by atoms with Crippen molar-refractivity contribution in [2.24, 2.45) is 0 Å². The fourth-order valence-corrected chi connectivity index (χ4v) is 4.72. The van der Waals surface area contributed by atoms with Gasteiger partial charge in [-0.05, 0) is 42.3 Å². The van der Waals surface area contributed by atoms with Gasteiger partial charge in [0, 0.05) is 31.3 Å². The second-order valence-corrected chi connectivity index (χ2v) is 15.8. The third-order valence-corrected chi connectivity index (χ3v) is 7.87. The number of nitrogen functional groups attached to an aromatic ring is 1. The van der Waals surface area contributed by atoms with Gasteiger partial charge in [0.1, 0.15) is 6.73 Å². The van der Waals surface area contributed by atoms with Gasteiger partial charge in [0.2, 0.25) is 5.91 Å². The molecule has 1 heterocycles. The summed E-state index contributed by atoms with van der Waals surface area (Å²) in [6.45, 7) is 9.97. The number of benzene rings is 3. The summed E-state index contributed by atoms with van der Waals surface area (Å²) in [7, 11) is -1.16. The van der Waals surface area contributed by atoms with Crippen LogP contribution in [0.5, 0.6) is 0 Å². The molecule has 3 N–H and O–H groups in total. The number of para-hydroxylation sites is 2. The lowest BCUT2D eigenvalue weighted by atomic mass is 9.95. The summed E-state index contributed by atoms with van der Waals surface area (Å²) in [6, 6.07) is 24.7. The molecule has 0 aliphatic rings. The average molecular weight is 487 g/mol. The van der Waals surface area contributed by atoms with Crippen LogP contribution in [-0.2, 0) is 16.3 Å². The van der Waals surface area contributed by atoms with E-state index in [0.717, 1.165) is 33.6 Å². The predicted octanol–water partition coefficient (Wildman–Crippen LogP) is 6.34. The van der Waals surface area contributed by atoms with Crippen LogP contribution < -0.4 is 11.1 Å². The van der Waals surface area contributed by atoms with Crippen molar-refractivity contribution in [1.29, 1.82) is 0 Å².